The van der Waals surface area contributed by atoms with Crippen molar-refractivity contribution < 1.29 is 9.53 Å². The van der Waals surface area contributed by atoms with Gasteiger partial charge in [0.15, 0.2) is 0 Å². The summed E-state index contributed by atoms with van der Waals surface area (Å²) in [6.07, 6.45) is 3.42. The van der Waals surface area contributed by atoms with Gasteiger partial charge in [0.2, 0.25) is 0 Å². The molecule has 0 saturated heterocycles. The number of halogens is 1. The van der Waals surface area contributed by atoms with Gasteiger partial charge in [-0.25, -0.2) is 4.68 Å². The predicted octanol–water partition coefficient (Wildman–Crippen LogP) is 1.40. The Labute approximate surface area is 125 Å². The Morgan fingerprint density at radius 1 is 1.55 bits per heavy atom. The summed E-state index contributed by atoms with van der Waals surface area (Å²) in [5, 5.41) is 11.1. The number of nitrogens with one attached hydrogen (secondary N) is 1. The first-order chi connectivity index (χ1) is 9.65. The second kappa shape index (κ2) is 6.67. The molecule has 0 aliphatic heterocycles. The Bertz CT molecular complexity index is 592. The minimum atomic E-state index is -0.226. The van der Waals surface area contributed by atoms with Crippen LogP contribution in [0.1, 0.15) is 23.1 Å². The topological polar surface area (TPSA) is 74.0 Å². The molecule has 2 rings (SSSR count). The summed E-state index contributed by atoms with van der Waals surface area (Å²) in [6, 6.07) is 1.65. The van der Waals surface area contributed by atoms with Gasteiger partial charge in [-0.2, -0.15) is 10.2 Å². The third kappa shape index (κ3) is 3.26. The standard InChI is InChI=1S/C12H16BrN5O2/c1-3-18-11(9(13)6-15-18)7-14-12(19)10-4-5-17(16-10)8-20-2/h4-6H,3,7-8H2,1-2H3,(H,14,19). The van der Waals surface area contributed by atoms with Crippen molar-refractivity contribution in [2.75, 3.05) is 7.11 Å². The molecule has 7 nitrogen and oxygen atoms in total. The van der Waals surface area contributed by atoms with E-state index in [0.717, 1.165) is 16.7 Å². The van der Waals surface area contributed by atoms with Gasteiger partial charge in [0.25, 0.3) is 5.91 Å². The van der Waals surface area contributed by atoms with E-state index < -0.39 is 0 Å². The summed E-state index contributed by atoms with van der Waals surface area (Å²) in [5.74, 6) is -0.226. The minimum Gasteiger partial charge on any atom is -0.362 e. The van der Waals surface area contributed by atoms with E-state index in [1.54, 1.807) is 30.3 Å². The first-order valence-electron chi connectivity index (χ1n) is 6.16. The van der Waals surface area contributed by atoms with Crippen LogP contribution in [0.3, 0.4) is 0 Å². The molecule has 1 N–H and O–H groups in total. The summed E-state index contributed by atoms with van der Waals surface area (Å²) in [5.41, 5.74) is 1.29. The fourth-order valence-electron chi connectivity index (χ4n) is 1.78. The van der Waals surface area contributed by atoms with Crippen LogP contribution in [-0.2, 0) is 24.6 Å². The zero-order valence-electron chi connectivity index (χ0n) is 11.3. The molecule has 0 spiro atoms. The minimum absolute atomic E-state index is 0.226. The Hall–Kier alpha value is -1.67. The third-order valence-electron chi connectivity index (χ3n) is 2.75. The molecule has 0 atom stereocenters. The third-order valence-corrected chi connectivity index (χ3v) is 3.41. The summed E-state index contributed by atoms with van der Waals surface area (Å²) in [6.45, 7) is 3.46. The molecule has 20 heavy (non-hydrogen) atoms. The van der Waals surface area contributed by atoms with Crippen LogP contribution in [0.4, 0.5) is 0 Å². The number of carbonyl (C=O) groups excluding carboxylic acids is 1. The lowest BCUT2D eigenvalue weighted by Crippen LogP contribution is -2.25. The number of rotatable bonds is 6. The van der Waals surface area contributed by atoms with Crippen molar-refractivity contribution in [2.24, 2.45) is 0 Å². The Balaban J connectivity index is 1.99. The molecule has 0 fully saturated rings. The first kappa shape index (κ1) is 14.7. The normalized spacial score (nSPS) is 10.8. The number of ether oxygens (including phenoxy) is 1. The summed E-state index contributed by atoms with van der Waals surface area (Å²) in [7, 11) is 1.57. The van der Waals surface area contributed by atoms with Crippen molar-refractivity contribution in [2.45, 2.75) is 26.7 Å². The Morgan fingerprint density at radius 3 is 3.05 bits per heavy atom. The van der Waals surface area contributed by atoms with E-state index in [0.29, 0.717) is 19.0 Å². The first-order valence-corrected chi connectivity index (χ1v) is 6.95. The smallest absolute Gasteiger partial charge is 0.272 e. The maximum atomic E-state index is 12.0. The van der Waals surface area contributed by atoms with E-state index in [2.05, 4.69) is 31.4 Å². The predicted molar refractivity (Wildman–Crippen MR) is 76.0 cm³/mol. The lowest BCUT2D eigenvalue weighted by Gasteiger charge is -2.06. The number of hydrogen-bond acceptors (Lipinski definition) is 4. The second-order valence-electron chi connectivity index (χ2n) is 4.10. The van der Waals surface area contributed by atoms with Gasteiger partial charge in [-0.15, -0.1) is 0 Å². The number of amides is 1. The van der Waals surface area contributed by atoms with Crippen LogP contribution in [0.5, 0.6) is 0 Å². The van der Waals surface area contributed by atoms with Crippen molar-refractivity contribution in [1.82, 2.24) is 24.9 Å². The highest BCUT2D eigenvalue weighted by atomic mass is 79.9. The number of methoxy groups -OCH3 is 1. The molecule has 0 bridgehead atoms. The van der Waals surface area contributed by atoms with Gasteiger partial charge in [-0.3, -0.25) is 9.48 Å². The van der Waals surface area contributed by atoms with Crippen LogP contribution >= 0.6 is 15.9 Å². The highest BCUT2D eigenvalue weighted by Gasteiger charge is 2.12. The molecule has 0 aliphatic rings. The van der Waals surface area contributed by atoms with Crippen LogP contribution < -0.4 is 5.32 Å². The molecule has 0 unspecified atom stereocenters. The molecule has 1 amide bonds. The maximum Gasteiger partial charge on any atom is 0.272 e. The maximum absolute atomic E-state index is 12.0. The monoisotopic (exact) mass is 341 g/mol. The van der Waals surface area contributed by atoms with Gasteiger partial charge in [-0.05, 0) is 28.9 Å². The van der Waals surface area contributed by atoms with E-state index in [4.69, 9.17) is 4.74 Å². The summed E-state index contributed by atoms with van der Waals surface area (Å²) < 4.78 is 9.20. The molecule has 108 valence electrons. The zero-order valence-corrected chi connectivity index (χ0v) is 12.9. The Kier molecular flexibility index (Phi) is 4.91. The molecule has 0 aliphatic carbocycles. The van der Waals surface area contributed by atoms with E-state index in [1.807, 2.05) is 11.6 Å². The number of carbonyl (C=O) groups is 1. The summed E-state index contributed by atoms with van der Waals surface area (Å²) >= 11 is 3.42. The van der Waals surface area contributed by atoms with Gasteiger partial charge in [0, 0.05) is 19.9 Å². The van der Waals surface area contributed by atoms with Crippen molar-refractivity contribution in [3.8, 4) is 0 Å². The molecule has 2 heterocycles. The van der Waals surface area contributed by atoms with Gasteiger partial charge in [0.05, 0.1) is 22.9 Å². The lowest BCUT2D eigenvalue weighted by molar-refractivity contribution is 0.0937. The van der Waals surface area contributed by atoms with Crippen LogP contribution in [0.15, 0.2) is 22.9 Å². The largest absolute Gasteiger partial charge is 0.362 e. The fourth-order valence-corrected chi connectivity index (χ4v) is 2.21. The molecule has 0 aromatic carbocycles. The van der Waals surface area contributed by atoms with Crippen molar-refractivity contribution in [3.63, 3.8) is 0 Å². The number of aryl methyl sites for hydroxylation is 1. The number of aromatic nitrogens is 4. The van der Waals surface area contributed by atoms with E-state index in [9.17, 15) is 4.79 Å². The molecule has 8 heteroatoms. The lowest BCUT2D eigenvalue weighted by atomic mass is 10.3. The molecule has 0 saturated carbocycles. The van der Waals surface area contributed by atoms with Crippen LogP contribution in [0.25, 0.3) is 0 Å². The SMILES string of the molecule is CCn1ncc(Br)c1CNC(=O)c1ccn(COC)n1. The van der Waals surface area contributed by atoms with Crippen LogP contribution in [0, 0.1) is 0 Å². The number of hydrogen-bond donors (Lipinski definition) is 1. The van der Waals surface area contributed by atoms with Crippen molar-refractivity contribution in [3.05, 3.63) is 34.3 Å². The quantitative estimate of drug-likeness (QED) is 0.861. The molecular weight excluding hydrogens is 326 g/mol. The van der Waals surface area contributed by atoms with E-state index in [-0.39, 0.29) is 5.91 Å². The van der Waals surface area contributed by atoms with Gasteiger partial charge >= 0.3 is 0 Å². The number of nitrogens with zero attached hydrogens (tertiary/aromatic N) is 4. The Morgan fingerprint density at radius 2 is 2.35 bits per heavy atom. The van der Waals surface area contributed by atoms with Crippen LogP contribution in [-0.4, -0.2) is 32.6 Å². The van der Waals surface area contributed by atoms with E-state index >= 15 is 0 Å². The van der Waals surface area contributed by atoms with Gasteiger partial charge in [-0.1, -0.05) is 0 Å². The van der Waals surface area contributed by atoms with E-state index in [1.165, 1.54) is 0 Å². The second-order valence-corrected chi connectivity index (χ2v) is 4.95. The van der Waals surface area contributed by atoms with Crippen molar-refractivity contribution >= 4 is 21.8 Å². The molecule has 2 aromatic rings. The van der Waals surface area contributed by atoms with Crippen molar-refractivity contribution in [1.29, 1.82) is 0 Å². The van der Waals surface area contributed by atoms with Gasteiger partial charge < -0.3 is 10.1 Å². The fraction of sp³-hybridized carbons (Fsp3) is 0.417. The zero-order chi connectivity index (χ0) is 14.5. The molecular formula is C12H16BrN5O2. The highest BCUT2D eigenvalue weighted by Crippen LogP contribution is 2.15. The molecule has 0 radical (unpaired) electrons. The average molecular weight is 342 g/mol. The average Bonchev–Trinajstić information content (AvgIpc) is 3.03. The molecule has 2 aromatic heterocycles. The van der Waals surface area contributed by atoms with Gasteiger partial charge in [0.1, 0.15) is 12.4 Å². The van der Waals surface area contributed by atoms with Crippen LogP contribution in [0.2, 0.25) is 0 Å². The summed E-state index contributed by atoms with van der Waals surface area (Å²) in [4.78, 5) is 12.0. The highest BCUT2D eigenvalue weighted by molar-refractivity contribution is 9.10.